The molecule has 5 nitrogen and oxygen atoms in total. The number of hydrogen-bond acceptors (Lipinski definition) is 5. The van der Waals surface area contributed by atoms with Crippen LogP contribution in [0.15, 0.2) is 30.3 Å². The van der Waals surface area contributed by atoms with E-state index in [0.717, 1.165) is 6.42 Å². The Morgan fingerprint density at radius 1 is 1.33 bits per heavy atom. The maximum absolute atomic E-state index is 11.8. The summed E-state index contributed by atoms with van der Waals surface area (Å²) < 4.78 is 17.2. The van der Waals surface area contributed by atoms with Gasteiger partial charge in [0.05, 0.1) is 31.8 Å². The lowest BCUT2D eigenvalue weighted by Crippen LogP contribution is -2.40. The predicted octanol–water partition coefficient (Wildman–Crippen LogP) is 2.35. The van der Waals surface area contributed by atoms with E-state index < -0.39 is 6.10 Å². The summed E-state index contributed by atoms with van der Waals surface area (Å²) in [7, 11) is 0. The number of ether oxygens (including phenoxy) is 3. The van der Waals surface area contributed by atoms with E-state index in [1.165, 1.54) is 5.56 Å². The van der Waals surface area contributed by atoms with Crippen molar-refractivity contribution in [3.63, 3.8) is 0 Å². The highest BCUT2D eigenvalue weighted by molar-refractivity contribution is 5.69. The summed E-state index contributed by atoms with van der Waals surface area (Å²) in [6.07, 6.45) is 0.594. The van der Waals surface area contributed by atoms with Crippen molar-refractivity contribution in [3.05, 3.63) is 35.9 Å². The molecule has 0 aromatic heterocycles. The molecule has 1 aromatic rings. The Morgan fingerprint density at radius 2 is 2.08 bits per heavy atom. The van der Waals surface area contributed by atoms with E-state index in [0.29, 0.717) is 26.2 Å². The van der Waals surface area contributed by atoms with Crippen LogP contribution in [0.2, 0.25) is 0 Å². The molecular weight excluding hydrogens is 308 g/mol. The average molecular weight is 336 g/mol. The molecule has 4 atom stereocenters. The van der Waals surface area contributed by atoms with Crippen LogP contribution in [0.4, 0.5) is 0 Å². The standard InChI is InChI=1S/C19H28O5/c1-14(20)8-11-23-19-15(2)24-18(21)9-10-22-13-17(19)12-16-6-4-3-5-7-16/h3-7,14-15,17,19-20H,8-13H2,1-2H3/t14-,15-,17-,19-/m0/s1. The first kappa shape index (κ1) is 18.9. The molecule has 1 aromatic carbocycles. The second-order valence-corrected chi connectivity index (χ2v) is 6.44. The number of aliphatic hydroxyl groups excluding tert-OH is 1. The molecule has 24 heavy (non-hydrogen) atoms. The van der Waals surface area contributed by atoms with Crippen LogP contribution in [0.1, 0.15) is 32.3 Å². The Balaban J connectivity index is 2.10. The minimum atomic E-state index is -0.414. The van der Waals surface area contributed by atoms with Crippen molar-refractivity contribution in [1.82, 2.24) is 0 Å². The second-order valence-electron chi connectivity index (χ2n) is 6.44. The number of carbonyl (C=O) groups is 1. The van der Waals surface area contributed by atoms with E-state index >= 15 is 0 Å². The zero-order chi connectivity index (χ0) is 17.4. The molecule has 0 unspecified atom stereocenters. The highest BCUT2D eigenvalue weighted by atomic mass is 16.6. The van der Waals surface area contributed by atoms with Crippen LogP contribution in [0.25, 0.3) is 0 Å². The summed E-state index contributed by atoms with van der Waals surface area (Å²) >= 11 is 0. The molecule has 1 aliphatic rings. The van der Waals surface area contributed by atoms with Crippen molar-refractivity contribution in [3.8, 4) is 0 Å². The number of aliphatic hydroxyl groups is 1. The lowest BCUT2D eigenvalue weighted by Gasteiger charge is -2.31. The molecule has 0 bridgehead atoms. The molecule has 1 fully saturated rings. The van der Waals surface area contributed by atoms with Crippen molar-refractivity contribution >= 4 is 5.97 Å². The number of rotatable bonds is 6. The van der Waals surface area contributed by atoms with Crippen LogP contribution < -0.4 is 0 Å². The molecule has 134 valence electrons. The fourth-order valence-electron chi connectivity index (χ4n) is 2.94. The van der Waals surface area contributed by atoms with Gasteiger partial charge in [0.1, 0.15) is 6.10 Å². The van der Waals surface area contributed by atoms with Gasteiger partial charge >= 0.3 is 5.97 Å². The van der Waals surface area contributed by atoms with Crippen LogP contribution in [0.3, 0.4) is 0 Å². The molecule has 1 heterocycles. The largest absolute Gasteiger partial charge is 0.460 e. The quantitative estimate of drug-likeness (QED) is 0.808. The van der Waals surface area contributed by atoms with Crippen LogP contribution >= 0.6 is 0 Å². The fraction of sp³-hybridized carbons (Fsp3) is 0.632. The van der Waals surface area contributed by atoms with Crippen LogP contribution in [0.5, 0.6) is 0 Å². The van der Waals surface area contributed by atoms with E-state index in [4.69, 9.17) is 14.2 Å². The molecule has 2 rings (SSSR count). The maximum atomic E-state index is 11.8. The minimum Gasteiger partial charge on any atom is -0.460 e. The van der Waals surface area contributed by atoms with Crippen molar-refractivity contribution in [2.24, 2.45) is 5.92 Å². The SMILES string of the molecule is C[C@H](O)CCO[C@@H]1[C@@H](Cc2ccccc2)COCCC(=O)O[C@H]1C. The molecule has 1 saturated heterocycles. The normalized spacial score (nSPS) is 26.8. The monoisotopic (exact) mass is 336 g/mol. The topological polar surface area (TPSA) is 65.0 Å². The smallest absolute Gasteiger partial charge is 0.308 e. The first-order valence-electron chi connectivity index (χ1n) is 8.67. The molecule has 0 spiro atoms. The average Bonchev–Trinajstić information content (AvgIpc) is 2.60. The summed E-state index contributed by atoms with van der Waals surface area (Å²) in [5.74, 6) is -0.172. The van der Waals surface area contributed by atoms with E-state index in [1.807, 2.05) is 25.1 Å². The fourth-order valence-corrected chi connectivity index (χ4v) is 2.94. The van der Waals surface area contributed by atoms with Crippen LogP contribution in [-0.4, -0.2) is 49.2 Å². The van der Waals surface area contributed by atoms with Crippen LogP contribution in [0, 0.1) is 5.92 Å². The van der Waals surface area contributed by atoms with E-state index in [-0.39, 0.29) is 30.5 Å². The van der Waals surface area contributed by atoms with E-state index in [1.54, 1.807) is 6.92 Å². The van der Waals surface area contributed by atoms with Gasteiger partial charge in [0.2, 0.25) is 0 Å². The Hall–Kier alpha value is -1.43. The lowest BCUT2D eigenvalue weighted by molar-refractivity contribution is -0.158. The second kappa shape index (κ2) is 9.77. The van der Waals surface area contributed by atoms with Crippen LogP contribution in [-0.2, 0) is 25.4 Å². The molecule has 0 saturated carbocycles. The third-order valence-corrected chi connectivity index (χ3v) is 4.21. The zero-order valence-corrected chi connectivity index (χ0v) is 14.5. The van der Waals surface area contributed by atoms with Crippen molar-refractivity contribution in [1.29, 1.82) is 0 Å². The number of carbonyl (C=O) groups excluding carboxylic acids is 1. The zero-order valence-electron chi connectivity index (χ0n) is 14.5. The van der Waals surface area contributed by atoms with Gasteiger partial charge in [-0.15, -0.1) is 0 Å². The molecule has 5 heteroatoms. The number of hydrogen-bond donors (Lipinski definition) is 1. The van der Waals surface area contributed by atoms with Crippen molar-refractivity contribution < 1.29 is 24.1 Å². The van der Waals surface area contributed by atoms with Gasteiger partial charge in [0.15, 0.2) is 0 Å². The predicted molar refractivity (Wildman–Crippen MR) is 90.7 cm³/mol. The van der Waals surface area contributed by atoms with Crippen molar-refractivity contribution in [2.45, 2.75) is 51.4 Å². The lowest BCUT2D eigenvalue weighted by atomic mass is 9.91. The molecule has 0 aliphatic carbocycles. The number of esters is 1. The minimum absolute atomic E-state index is 0.0855. The third kappa shape index (κ3) is 6.23. The van der Waals surface area contributed by atoms with Gasteiger partial charge < -0.3 is 19.3 Å². The summed E-state index contributed by atoms with van der Waals surface area (Å²) in [4.78, 5) is 11.8. The molecule has 0 radical (unpaired) electrons. The van der Waals surface area contributed by atoms with E-state index in [2.05, 4.69) is 12.1 Å². The highest BCUT2D eigenvalue weighted by Crippen LogP contribution is 2.22. The molecule has 1 aliphatic heterocycles. The van der Waals surface area contributed by atoms with Gasteiger partial charge in [0.25, 0.3) is 0 Å². The molecule has 1 N–H and O–H groups in total. The van der Waals surface area contributed by atoms with Gasteiger partial charge in [-0.05, 0) is 32.3 Å². The first-order chi connectivity index (χ1) is 11.6. The Morgan fingerprint density at radius 3 is 2.79 bits per heavy atom. The molecule has 0 amide bonds. The Labute approximate surface area is 143 Å². The Bertz CT molecular complexity index is 488. The van der Waals surface area contributed by atoms with Gasteiger partial charge in [-0.2, -0.15) is 0 Å². The summed E-state index contributed by atoms with van der Waals surface area (Å²) in [5, 5.41) is 9.45. The van der Waals surface area contributed by atoms with Gasteiger partial charge in [0, 0.05) is 12.5 Å². The summed E-state index contributed by atoms with van der Waals surface area (Å²) in [6, 6.07) is 10.2. The van der Waals surface area contributed by atoms with Gasteiger partial charge in [-0.3, -0.25) is 4.79 Å². The number of benzene rings is 1. The van der Waals surface area contributed by atoms with Gasteiger partial charge in [-0.1, -0.05) is 30.3 Å². The summed E-state index contributed by atoms with van der Waals surface area (Å²) in [6.45, 7) is 4.93. The first-order valence-corrected chi connectivity index (χ1v) is 8.67. The van der Waals surface area contributed by atoms with Gasteiger partial charge in [-0.25, -0.2) is 0 Å². The van der Waals surface area contributed by atoms with E-state index in [9.17, 15) is 9.90 Å². The summed E-state index contributed by atoms with van der Waals surface area (Å²) in [5.41, 5.74) is 1.20. The third-order valence-electron chi connectivity index (χ3n) is 4.21. The number of cyclic esters (lactones) is 1. The maximum Gasteiger partial charge on any atom is 0.308 e. The Kier molecular flexibility index (Phi) is 7.69. The van der Waals surface area contributed by atoms with Crippen molar-refractivity contribution in [2.75, 3.05) is 19.8 Å². The highest BCUT2D eigenvalue weighted by Gasteiger charge is 2.32. The molecular formula is C19H28O5.